The molecule has 0 unspecified atom stereocenters. The van der Waals surface area contributed by atoms with Crippen LogP contribution >= 0.6 is 0 Å². The molecule has 30 heavy (non-hydrogen) atoms. The molecule has 0 saturated heterocycles. The van der Waals surface area contributed by atoms with Gasteiger partial charge in [-0.3, -0.25) is 4.79 Å². The van der Waals surface area contributed by atoms with E-state index in [0.717, 1.165) is 11.6 Å². The smallest absolute Gasteiger partial charge is 0.320 e. The van der Waals surface area contributed by atoms with Crippen molar-refractivity contribution >= 4 is 5.97 Å². The molecular weight excluding hydrogens is 394 g/mol. The molecule has 3 aromatic rings. The van der Waals surface area contributed by atoms with Crippen LogP contribution < -0.4 is 5.32 Å². The zero-order chi connectivity index (χ0) is 21.6. The van der Waals surface area contributed by atoms with Crippen molar-refractivity contribution in [2.24, 2.45) is 0 Å². The Morgan fingerprint density at radius 1 is 1.27 bits per heavy atom. The highest BCUT2D eigenvalue weighted by molar-refractivity contribution is 5.71. The summed E-state index contributed by atoms with van der Waals surface area (Å²) in [5.74, 6) is -2.20. The topological polar surface area (TPSA) is 89.3 Å². The molecule has 0 fully saturated rings. The van der Waals surface area contributed by atoms with Crippen molar-refractivity contribution in [1.82, 2.24) is 20.1 Å². The molecule has 158 valence electrons. The van der Waals surface area contributed by atoms with Crippen molar-refractivity contribution in [2.45, 2.75) is 31.7 Å². The molecule has 0 radical (unpaired) electrons. The zero-order valence-electron chi connectivity index (χ0n) is 16.3. The number of hydrogen-bond donors (Lipinski definition) is 2. The van der Waals surface area contributed by atoms with E-state index in [-0.39, 0.29) is 25.3 Å². The van der Waals surface area contributed by atoms with E-state index in [9.17, 15) is 18.7 Å². The Morgan fingerprint density at radius 2 is 2.03 bits per heavy atom. The molecule has 0 aliphatic heterocycles. The van der Waals surface area contributed by atoms with Crippen molar-refractivity contribution in [3.8, 4) is 0 Å². The third-order valence-electron chi connectivity index (χ3n) is 4.78. The number of nitrogens with zero attached hydrogens (tertiary/aromatic N) is 3. The van der Waals surface area contributed by atoms with Gasteiger partial charge in [0.1, 0.15) is 36.5 Å². The van der Waals surface area contributed by atoms with Gasteiger partial charge < -0.3 is 15.2 Å². The molecule has 0 saturated carbocycles. The minimum absolute atomic E-state index is 0.117. The molecular formula is C21H22F2N4O3. The number of aliphatic hydroxyl groups is 1. The lowest BCUT2D eigenvalue weighted by atomic mass is 9.86. The molecule has 1 aromatic heterocycles. The van der Waals surface area contributed by atoms with Crippen molar-refractivity contribution in [3.63, 3.8) is 0 Å². The van der Waals surface area contributed by atoms with Gasteiger partial charge in [-0.1, -0.05) is 36.4 Å². The molecule has 9 heteroatoms. The number of esters is 1. The molecule has 0 spiro atoms. The zero-order valence-corrected chi connectivity index (χ0v) is 16.3. The third-order valence-corrected chi connectivity index (χ3v) is 4.78. The number of aromatic nitrogens is 3. The fourth-order valence-corrected chi connectivity index (χ4v) is 3.05. The lowest BCUT2D eigenvalue weighted by Crippen LogP contribution is -2.51. The maximum absolute atomic E-state index is 14.5. The van der Waals surface area contributed by atoms with Crippen LogP contribution in [0.5, 0.6) is 0 Å². The fraction of sp³-hybridized carbons (Fsp3) is 0.286. The van der Waals surface area contributed by atoms with E-state index in [2.05, 4.69) is 15.4 Å². The van der Waals surface area contributed by atoms with Gasteiger partial charge in [0.15, 0.2) is 0 Å². The number of halogens is 2. The highest BCUT2D eigenvalue weighted by Crippen LogP contribution is 2.30. The third kappa shape index (κ3) is 5.25. The van der Waals surface area contributed by atoms with Gasteiger partial charge in [0, 0.05) is 17.7 Å². The van der Waals surface area contributed by atoms with Crippen LogP contribution in [0, 0.1) is 11.6 Å². The van der Waals surface area contributed by atoms with Crippen molar-refractivity contribution < 1.29 is 23.4 Å². The Bertz CT molecular complexity index is 970. The normalized spacial score (nSPS) is 14.1. The summed E-state index contributed by atoms with van der Waals surface area (Å²) in [6.45, 7) is 1.33. The summed E-state index contributed by atoms with van der Waals surface area (Å²) in [5.41, 5.74) is -1.13. The maximum Gasteiger partial charge on any atom is 0.320 e. The Balaban J connectivity index is 1.70. The highest BCUT2D eigenvalue weighted by atomic mass is 19.1. The maximum atomic E-state index is 14.5. The van der Waals surface area contributed by atoms with Gasteiger partial charge in [-0.05, 0) is 18.6 Å². The van der Waals surface area contributed by atoms with Gasteiger partial charge in [0.05, 0.1) is 13.1 Å². The standard InChI is InChI=1S/C21H22F2N4O3/c1-15(25-10-20(28)30-11-16-5-3-2-4-6-16)21(29,12-27-14-24-13-26-27)18-8-7-17(22)9-19(18)23/h2-9,13-15,25,29H,10-12H2,1H3/t15-,21-/m1/s1. The summed E-state index contributed by atoms with van der Waals surface area (Å²) in [6.07, 6.45) is 2.65. The lowest BCUT2D eigenvalue weighted by molar-refractivity contribution is -0.144. The number of hydrogen-bond acceptors (Lipinski definition) is 6. The summed E-state index contributed by atoms with van der Waals surface area (Å²) in [7, 11) is 0. The number of rotatable bonds is 9. The molecule has 0 amide bonds. The van der Waals surface area contributed by atoms with E-state index in [1.165, 1.54) is 23.4 Å². The number of ether oxygens (including phenoxy) is 1. The number of benzene rings is 2. The first-order valence-corrected chi connectivity index (χ1v) is 9.32. The number of carbonyl (C=O) groups excluding carboxylic acids is 1. The van der Waals surface area contributed by atoms with Gasteiger partial charge in [-0.25, -0.2) is 18.4 Å². The number of nitrogens with one attached hydrogen (secondary N) is 1. The minimum Gasteiger partial charge on any atom is -0.460 e. The Kier molecular flexibility index (Phi) is 6.86. The summed E-state index contributed by atoms with van der Waals surface area (Å²) in [5, 5.41) is 18.2. The van der Waals surface area contributed by atoms with Crippen LogP contribution in [0.3, 0.4) is 0 Å². The summed E-state index contributed by atoms with van der Waals surface area (Å²) in [6, 6.07) is 11.3. The van der Waals surface area contributed by atoms with Crippen LogP contribution in [0.15, 0.2) is 61.2 Å². The van der Waals surface area contributed by atoms with Gasteiger partial charge in [0.2, 0.25) is 0 Å². The van der Waals surface area contributed by atoms with Gasteiger partial charge in [-0.2, -0.15) is 5.10 Å². The van der Waals surface area contributed by atoms with Crippen LogP contribution in [0.4, 0.5) is 8.78 Å². The minimum atomic E-state index is -1.84. The Hall–Kier alpha value is -3.17. The van der Waals surface area contributed by atoms with E-state index in [1.807, 2.05) is 30.3 Å². The van der Waals surface area contributed by atoms with Crippen LogP contribution in [-0.4, -0.2) is 38.4 Å². The highest BCUT2D eigenvalue weighted by Gasteiger charge is 2.39. The molecule has 7 nitrogen and oxygen atoms in total. The molecule has 0 aliphatic carbocycles. The van der Waals surface area contributed by atoms with Crippen LogP contribution in [0.1, 0.15) is 18.1 Å². The van der Waals surface area contributed by atoms with Gasteiger partial charge in [-0.15, -0.1) is 0 Å². The Morgan fingerprint density at radius 3 is 2.70 bits per heavy atom. The SMILES string of the molecule is C[C@@H](NCC(=O)OCc1ccccc1)[C@](O)(Cn1cncn1)c1ccc(F)cc1F. The molecule has 2 N–H and O–H groups in total. The van der Waals surface area contributed by atoms with Crippen LogP contribution in [0.2, 0.25) is 0 Å². The molecule has 0 aliphatic rings. The molecule has 2 atom stereocenters. The van der Waals surface area contributed by atoms with Crippen molar-refractivity contribution in [1.29, 1.82) is 0 Å². The van der Waals surface area contributed by atoms with Crippen LogP contribution in [0.25, 0.3) is 0 Å². The first kappa shape index (κ1) is 21.5. The first-order chi connectivity index (χ1) is 14.4. The predicted octanol–water partition coefficient (Wildman–Crippen LogP) is 2.17. The summed E-state index contributed by atoms with van der Waals surface area (Å²) in [4.78, 5) is 15.9. The first-order valence-electron chi connectivity index (χ1n) is 9.32. The average molecular weight is 416 g/mol. The van der Waals surface area contributed by atoms with Gasteiger partial charge >= 0.3 is 5.97 Å². The fourth-order valence-electron chi connectivity index (χ4n) is 3.05. The molecule has 2 aromatic carbocycles. The largest absolute Gasteiger partial charge is 0.460 e. The predicted molar refractivity (Wildman–Crippen MR) is 104 cm³/mol. The molecule has 0 bridgehead atoms. The van der Waals surface area contributed by atoms with E-state index in [4.69, 9.17) is 4.74 Å². The van der Waals surface area contributed by atoms with E-state index < -0.39 is 29.2 Å². The molecule has 1 heterocycles. The monoisotopic (exact) mass is 416 g/mol. The van der Waals surface area contributed by atoms with Crippen LogP contribution in [-0.2, 0) is 28.3 Å². The van der Waals surface area contributed by atoms with Gasteiger partial charge in [0.25, 0.3) is 0 Å². The number of carbonyl (C=O) groups is 1. The summed E-state index contributed by atoms with van der Waals surface area (Å²) < 4.78 is 34.4. The second kappa shape index (κ2) is 9.55. The lowest BCUT2D eigenvalue weighted by Gasteiger charge is -2.35. The molecule has 3 rings (SSSR count). The summed E-state index contributed by atoms with van der Waals surface area (Å²) >= 11 is 0. The van der Waals surface area contributed by atoms with E-state index in [0.29, 0.717) is 6.07 Å². The van der Waals surface area contributed by atoms with Crippen molar-refractivity contribution in [2.75, 3.05) is 6.54 Å². The second-order valence-corrected chi connectivity index (χ2v) is 6.89. The quantitative estimate of drug-likeness (QED) is 0.520. The average Bonchev–Trinajstić information content (AvgIpc) is 3.23. The second-order valence-electron chi connectivity index (χ2n) is 6.89. The van der Waals surface area contributed by atoms with E-state index in [1.54, 1.807) is 6.92 Å². The Labute approximate surface area is 172 Å². The van der Waals surface area contributed by atoms with Crippen molar-refractivity contribution in [3.05, 3.63) is 83.9 Å². The van der Waals surface area contributed by atoms with E-state index >= 15 is 0 Å².